The van der Waals surface area contributed by atoms with Gasteiger partial charge in [0.1, 0.15) is 25.2 Å². The van der Waals surface area contributed by atoms with E-state index in [0.29, 0.717) is 65.9 Å². The number of aliphatic hydroxyl groups excluding tert-OH is 2. The first-order valence-corrected chi connectivity index (χ1v) is 14.9. The summed E-state index contributed by atoms with van der Waals surface area (Å²) in [7, 11) is 3.74. The van der Waals surface area contributed by atoms with Gasteiger partial charge in [0, 0.05) is 30.5 Å². The predicted octanol–water partition coefficient (Wildman–Crippen LogP) is 0.159. The molecule has 0 spiro atoms. The van der Waals surface area contributed by atoms with Gasteiger partial charge in [-0.25, -0.2) is 4.57 Å². The SMILES string of the molecule is COCCOCCOCCOCC[n+]1c(N(CCO)CCO)cc(C=C2Sc3ccccc3N2C)c2ccccc21.[I-]. The molecule has 0 amide bonds. The van der Waals surface area contributed by atoms with Crippen molar-refractivity contribution in [1.29, 1.82) is 0 Å². The van der Waals surface area contributed by atoms with E-state index in [4.69, 9.17) is 18.9 Å². The normalized spacial score (nSPS) is 13.5. The van der Waals surface area contributed by atoms with Gasteiger partial charge in [0.05, 0.1) is 70.2 Å². The summed E-state index contributed by atoms with van der Waals surface area (Å²) in [5.41, 5.74) is 3.34. The largest absolute Gasteiger partial charge is 1.00 e. The number of ether oxygens (including phenoxy) is 4. The maximum absolute atomic E-state index is 9.83. The number of hydrogen-bond donors (Lipinski definition) is 2. The van der Waals surface area contributed by atoms with Crippen LogP contribution in [0.1, 0.15) is 5.56 Å². The average Bonchev–Trinajstić information content (AvgIpc) is 3.31. The highest BCUT2D eigenvalue weighted by atomic mass is 127. The molecule has 4 rings (SSSR count). The number of fused-ring (bicyclic) bond motifs is 2. The van der Waals surface area contributed by atoms with Crippen LogP contribution in [0.4, 0.5) is 11.5 Å². The first kappa shape index (κ1) is 34.5. The molecule has 0 unspecified atom stereocenters. The summed E-state index contributed by atoms with van der Waals surface area (Å²) in [6, 6.07) is 18.9. The van der Waals surface area contributed by atoms with Gasteiger partial charge in [-0.05, 0) is 29.8 Å². The number of thioether (sulfide) groups is 1. The molecule has 1 aliphatic rings. The second-order valence-corrected chi connectivity index (χ2v) is 10.6. The predicted molar refractivity (Wildman–Crippen MR) is 164 cm³/mol. The van der Waals surface area contributed by atoms with E-state index in [1.807, 2.05) is 11.0 Å². The van der Waals surface area contributed by atoms with Crippen molar-refractivity contribution < 1.29 is 57.7 Å². The molecule has 0 bridgehead atoms. The standard InChI is InChI=1S/C31H42N3O6S.HI/c1-32-28-9-5-6-10-29(28)41-31(32)24-25-23-30(33(11-14-35)12-15-36)34(27-8-4-3-7-26(25)27)13-16-38-19-20-40-22-21-39-18-17-37-2;/h3-10,23-24,35-36H,11-22H2,1-2H3;1H/q+1;/p-1. The summed E-state index contributed by atoms with van der Waals surface area (Å²) in [5, 5.41) is 21.9. The minimum atomic E-state index is -0.0137. The van der Waals surface area contributed by atoms with Crippen LogP contribution in [0.3, 0.4) is 0 Å². The quantitative estimate of drug-likeness (QED) is 0.109. The number of rotatable bonds is 18. The molecule has 0 fully saturated rings. The third-order valence-electron chi connectivity index (χ3n) is 6.82. The van der Waals surface area contributed by atoms with Crippen LogP contribution in [-0.4, -0.2) is 96.9 Å². The molecule has 42 heavy (non-hydrogen) atoms. The highest BCUT2D eigenvalue weighted by molar-refractivity contribution is 8.03. The van der Waals surface area contributed by atoms with E-state index in [-0.39, 0.29) is 37.2 Å². The Bertz CT molecular complexity index is 1270. The second kappa shape index (κ2) is 18.6. The molecule has 2 heterocycles. The molecule has 2 N–H and O–H groups in total. The topological polar surface area (TPSA) is 87.7 Å². The number of halogens is 1. The average molecular weight is 712 g/mol. The van der Waals surface area contributed by atoms with Gasteiger partial charge in [0.15, 0.2) is 0 Å². The fourth-order valence-electron chi connectivity index (χ4n) is 4.79. The Morgan fingerprint density at radius 3 is 2.14 bits per heavy atom. The zero-order chi connectivity index (χ0) is 28.9. The van der Waals surface area contributed by atoms with Gasteiger partial charge < -0.3 is 58.0 Å². The lowest BCUT2D eigenvalue weighted by Crippen LogP contribution is -3.00. The van der Waals surface area contributed by atoms with Gasteiger partial charge in [0.25, 0.3) is 5.82 Å². The lowest BCUT2D eigenvalue weighted by Gasteiger charge is -2.21. The summed E-state index contributed by atoms with van der Waals surface area (Å²) in [5.74, 6) is 0.926. The number of aliphatic hydroxyl groups is 2. The molecule has 3 aromatic rings. The van der Waals surface area contributed by atoms with Gasteiger partial charge in [-0.1, -0.05) is 42.1 Å². The van der Waals surface area contributed by atoms with Crippen molar-refractivity contribution in [3.05, 3.63) is 65.2 Å². The Labute approximate surface area is 270 Å². The molecule has 1 aliphatic heterocycles. The number of aromatic nitrogens is 1. The summed E-state index contributed by atoms with van der Waals surface area (Å²) >= 11 is 1.76. The fraction of sp³-hybridized carbons (Fsp3) is 0.452. The van der Waals surface area contributed by atoms with Crippen molar-refractivity contribution in [1.82, 2.24) is 0 Å². The molecule has 0 atom stereocenters. The van der Waals surface area contributed by atoms with Crippen molar-refractivity contribution in [3.8, 4) is 0 Å². The van der Waals surface area contributed by atoms with Gasteiger partial charge in [-0.2, -0.15) is 0 Å². The lowest BCUT2D eigenvalue weighted by molar-refractivity contribution is -0.661. The minimum absolute atomic E-state index is 0. The van der Waals surface area contributed by atoms with Crippen molar-refractivity contribution in [2.24, 2.45) is 0 Å². The van der Waals surface area contributed by atoms with Gasteiger partial charge in [0.2, 0.25) is 0 Å². The van der Waals surface area contributed by atoms with E-state index in [2.05, 4.69) is 71.1 Å². The number of para-hydroxylation sites is 2. The highest BCUT2D eigenvalue weighted by Gasteiger charge is 2.25. The third kappa shape index (κ3) is 9.26. The van der Waals surface area contributed by atoms with Crippen LogP contribution in [0.15, 0.2) is 64.5 Å². The Kier molecular flexibility index (Phi) is 15.3. The van der Waals surface area contributed by atoms with Gasteiger partial charge in [-0.15, -0.1) is 0 Å². The Morgan fingerprint density at radius 1 is 0.857 bits per heavy atom. The van der Waals surface area contributed by atoms with Crippen molar-refractivity contribution in [2.75, 3.05) is 96.5 Å². The molecule has 0 saturated carbocycles. The first-order valence-electron chi connectivity index (χ1n) is 14.0. The van der Waals surface area contributed by atoms with E-state index in [1.165, 1.54) is 10.6 Å². The molecule has 0 aliphatic carbocycles. The van der Waals surface area contributed by atoms with Crippen LogP contribution in [0.5, 0.6) is 0 Å². The number of benzene rings is 2. The maximum atomic E-state index is 9.83. The Morgan fingerprint density at radius 2 is 1.48 bits per heavy atom. The summed E-state index contributed by atoms with van der Waals surface area (Å²) in [6.07, 6.45) is 2.23. The Hall–Kier alpha value is -1.97. The van der Waals surface area contributed by atoms with E-state index in [0.717, 1.165) is 27.3 Å². The van der Waals surface area contributed by atoms with Crippen molar-refractivity contribution in [2.45, 2.75) is 11.4 Å². The Balaban J connectivity index is 0.00000484. The molecule has 0 radical (unpaired) electrons. The van der Waals surface area contributed by atoms with Crippen LogP contribution in [0.2, 0.25) is 0 Å². The third-order valence-corrected chi connectivity index (χ3v) is 7.98. The fourth-order valence-corrected chi connectivity index (χ4v) is 5.89. The van der Waals surface area contributed by atoms with Crippen molar-refractivity contribution in [3.63, 3.8) is 0 Å². The van der Waals surface area contributed by atoms with Crippen molar-refractivity contribution >= 4 is 40.2 Å². The zero-order valence-electron chi connectivity index (χ0n) is 24.4. The van der Waals surface area contributed by atoms with Crippen LogP contribution in [0, 0.1) is 0 Å². The van der Waals surface area contributed by atoms with E-state index < -0.39 is 0 Å². The molecular weight excluding hydrogens is 669 g/mol. The monoisotopic (exact) mass is 711 g/mol. The minimum Gasteiger partial charge on any atom is -1.00 e. The van der Waals surface area contributed by atoms with E-state index in [9.17, 15) is 10.2 Å². The zero-order valence-corrected chi connectivity index (χ0v) is 27.4. The number of methoxy groups -OCH3 is 1. The maximum Gasteiger partial charge on any atom is 0.277 e. The van der Waals surface area contributed by atoms with E-state index >= 15 is 0 Å². The molecular formula is C31H42IN3O6S. The van der Waals surface area contributed by atoms with Crippen LogP contribution in [0.25, 0.3) is 17.0 Å². The summed E-state index contributed by atoms with van der Waals surface area (Å²) < 4.78 is 24.1. The summed E-state index contributed by atoms with van der Waals surface area (Å²) in [4.78, 5) is 5.48. The van der Waals surface area contributed by atoms with Gasteiger partial charge in [-0.3, -0.25) is 4.90 Å². The number of nitrogens with zero attached hydrogens (tertiary/aromatic N) is 3. The lowest BCUT2D eigenvalue weighted by atomic mass is 10.1. The molecule has 9 nitrogen and oxygen atoms in total. The van der Waals surface area contributed by atoms with Crippen LogP contribution in [-0.2, 0) is 25.5 Å². The molecule has 0 saturated heterocycles. The highest BCUT2D eigenvalue weighted by Crippen LogP contribution is 2.45. The smallest absolute Gasteiger partial charge is 0.277 e. The molecule has 230 valence electrons. The number of hydrogen-bond acceptors (Lipinski definition) is 9. The number of anilines is 2. The van der Waals surface area contributed by atoms with Crippen LogP contribution < -0.4 is 38.3 Å². The van der Waals surface area contributed by atoms with Gasteiger partial charge >= 0.3 is 0 Å². The molecule has 11 heteroatoms. The first-order chi connectivity index (χ1) is 20.2. The van der Waals surface area contributed by atoms with E-state index in [1.54, 1.807) is 18.9 Å². The molecule has 2 aromatic carbocycles. The number of pyridine rings is 1. The summed E-state index contributed by atoms with van der Waals surface area (Å²) in [6.45, 7) is 5.07. The molecule has 1 aromatic heterocycles. The van der Waals surface area contributed by atoms with Crippen LogP contribution >= 0.6 is 11.8 Å². The second-order valence-electron chi connectivity index (χ2n) is 9.50.